The van der Waals surface area contributed by atoms with Gasteiger partial charge in [-0.25, -0.2) is 4.79 Å². The summed E-state index contributed by atoms with van der Waals surface area (Å²) < 4.78 is 5.80. The van der Waals surface area contributed by atoms with Gasteiger partial charge in [-0.1, -0.05) is 0 Å². The van der Waals surface area contributed by atoms with Crippen LogP contribution in [0.1, 0.15) is 17.4 Å². The van der Waals surface area contributed by atoms with Crippen molar-refractivity contribution in [3.8, 4) is 5.88 Å². The Bertz CT molecular complexity index is 508. The van der Waals surface area contributed by atoms with Crippen LogP contribution in [0.15, 0.2) is 12.3 Å². The van der Waals surface area contributed by atoms with E-state index in [2.05, 4.69) is 15.3 Å². The van der Waals surface area contributed by atoms with E-state index < -0.39 is 5.97 Å². The molecule has 0 aliphatic heterocycles. The molecule has 0 saturated carbocycles. The third-order valence-electron chi connectivity index (χ3n) is 1.76. The van der Waals surface area contributed by atoms with E-state index in [0.717, 1.165) is 4.52 Å². The molecule has 7 nitrogen and oxygen atoms in total. The fourth-order valence-electron chi connectivity index (χ4n) is 1.11. The summed E-state index contributed by atoms with van der Waals surface area (Å²) in [6, 6.07) is 1.56. The van der Waals surface area contributed by atoms with Gasteiger partial charge in [0.05, 0.1) is 12.8 Å². The lowest BCUT2D eigenvalue weighted by molar-refractivity contribution is 0.0512. The minimum atomic E-state index is -0.722. The zero-order valence-corrected chi connectivity index (χ0v) is 7.91. The van der Waals surface area contributed by atoms with Crippen molar-refractivity contribution >= 4 is 11.6 Å². The van der Waals surface area contributed by atoms with E-state index in [0.29, 0.717) is 5.65 Å². The lowest BCUT2D eigenvalue weighted by Gasteiger charge is -2.02. The normalized spacial score (nSPS) is 10.5. The van der Waals surface area contributed by atoms with Gasteiger partial charge < -0.3 is 9.84 Å². The van der Waals surface area contributed by atoms with Gasteiger partial charge in [0, 0.05) is 6.07 Å². The predicted molar refractivity (Wildman–Crippen MR) is 48.4 cm³/mol. The second-order valence-electron chi connectivity index (χ2n) is 2.69. The molecule has 78 valence electrons. The molecular formula is C8H8N4O3. The van der Waals surface area contributed by atoms with Crippen molar-refractivity contribution in [3.05, 3.63) is 18.0 Å². The van der Waals surface area contributed by atoms with E-state index in [1.54, 1.807) is 13.0 Å². The molecule has 2 aromatic rings. The summed E-state index contributed by atoms with van der Waals surface area (Å²) in [5.41, 5.74) is 0.119. The van der Waals surface area contributed by atoms with Crippen molar-refractivity contribution in [2.45, 2.75) is 6.92 Å². The van der Waals surface area contributed by atoms with E-state index in [9.17, 15) is 9.90 Å². The van der Waals surface area contributed by atoms with Crippen LogP contribution in [0.25, 0.3) is 5.65 Å². The number of rotatable bonds is 2. The van der Waals surface area contributed by atoms with Gasteiger partial charge in [-0.2, -0.15) is 9.61 Å². The second kappa shape index (κ2) is 3.52. The van der Waals surface area contributed by atoms with E-state index >= 15 is 0 Å². The van der Waals surface area contributed by atoms with Gasteiger partial charge in [0.1, 0.15) is 0 Å². The van der Waals surface area contributed by atoms with Crippen LogP contribution < -0.4 is 0 Å². The standard InChI is InChI=1S/C8H8N4O3/c1-2-15-8(14)6-7(13)12-5(10-11-6)3-4-9-12/h3-4,13H,2H2,1H3. The van der Waals surface area contributed by atoms with Gasteiger partial charge in [0.25, 0.3) is 0 Å². The quantitative estimate of drug-likeness (QED) is 0.699. The Balaban J connectivity index is 2.52. The molecule has 2 rings (SSSR count). The van der Waals surface area contributed by atoms with Gasteiger partial charge in [-0.05, 0) is 6.92 Å². The Kier molecular flexibility index (Phi) is 2.20. The maximum absolute atomic E-state index is 11.3. The largest absolute Gasteiger partial charge is 0.491 e. The number of fused-ring (bicyclic) bond motifs is 1. The average Bonchev–Trinajstić information content (AvgIpc) is 2.67. The molecule has 7 heteroatoms. The molecule has 0 saturated heterocycles. The molecule has 1 N–H and O–H groups in total. The van der Waals surface area contributed by atoms with Crippen LogP contribution in [0, 0.1) is 0 Å². The minimum absolute atomic E-state index is 0.205. The average molecular weight is 208 g/mol. The molecular weight excluding hydrogens is 200 g/mol. The molecule has 2 heterocycles. The van der Waals surface area contributed by atoms with E-state index in [4.69, 9.17) is 4.74 Å². The molecule has 2 aromatic heterocycles. The molecule has 0 spiro atoms. The Labute approximate surface area is 84.3 Å². The summed E-state index contributed by atoms with van der Waals surface area (Å²) in [5.74, 6) is -1.09. The first-order valence-electron chi connectivity index (χ1n) is 4.30. The first-order chi connectivity index (χ1) is 7.24. The van der Waals surface area contributed by atoms with Crippen LogP contribution in [-0.4, -0.2) is 37.5 Å². The first-order valence-corrected chi connectivity index (χ1v) is 4.30. The third kappa shape index (κ3) is 1.47. The predicted octanol–water partition coefficient (Wildman–Crippen LogP) is 0.00660. The fraction of sp³-hybridized carbons (Fsp3) is 0.250. The summed E-state index contributed by atoms with van der Waals surface area (Å²) >= 11 is 0. The number of carbonyl (C=O) groups is 1. The summed E-state index contributed by atoms with van der Waals surface area (Å²) in [6.45, 7) is 1.87. The lowest BCUT2D eigenvalue weighted by atomic mass is 10.4. The minimum Gasteiger partial charge on any atom is -0.491 e. The lowest BCUT2D eigenvalue weighted by Crippen LogP contribution is -2.11. The molecule has 0 fully saturated rings. The zero-order chi connectivity index (χ0) is 10.8. The molecule has 0 bridgehead atoms. The number of aromatic hydroxyl groups is 1. The Morgan fingerprint density at radius 3 is 3.13 bits per heavy atom. The van der Waals surface area contributed by atoms with Crippen molar-refractivity contribution < 1.29 is 14.6 Å². The SMILES string of the molecule is CCOC(=O)c1nnc2ccnn2c1O. The topological polar surface area (TPSA) is 89.6 Å². The van der Waals surface area contributed by atoms with Crippen LogP contribution >= 0.6 is 0 Å². The molecule has 0 amide bonds. The first kappa shape index (κ1) is 9.38. The third-order valence-corrected chi connectivity index (χ3v) is 1.76. The summed E-state index contributed by atoms with van der Waals surface area (Å²) in [4.78, 5) is 11.3. The molecule has 0 aliphatic carbocycles. The highest BCUT2D eigenvalue weighted by Crippen LogP contribution is 2.14. The fourth-order valence-corrected chi connectivity index (χ4v) is 1.11. The smallest absolute Gasteiger partial charge is 0.364 e. The van der Waals surface area contributed by atoms with Gasteiger partial charge in [-0.3, -0.25) is 0 Å². The van der Waals surface area contributed by atoms with Crippen LogP contribution in [0.4, 0.5) is 0 Å². The van der Waals surface area contributed by atoms with Crippen molar-refractivity contribution in [1.29, 1.82) is 0 Å². The highest BCUT2D eigenvalue weighted by atomic mass is 16.5. The number of aromatic nitrogens is 4. The molecule has 0 aliphatic rings. The van der Waals surface area contributed by atoms with E-state index in [1.807, 2.05) is 0 Å². The van der Waals surface area contributed by atoms with Gasteiger partial charge in [0.2, 0.25) is 11.6 Å². The highest BCUT2D eigenvalue weighted by Gasteiger charge is 2.18. The monoisotopic (exact) mass is 208 g/mol. The highest BCUT2D eigenvalue weighted by molar-refractivity contribution is 5.89. The van der Waals surface area contributed by atoms with Gasteiger partial charge >= 0.3 is 5.97 Å². The maximum atomic E-state index is 11.3. The van der Waals surface area contributed by atoms with Crippen LogP contribution in [0.5, 0.6) is 5.88 Å². The number of nitrogens with zero attached hydrogens (tertiary/aromatic N) is 4. The molecule has 0 aromatic carbocycles. The summed E-state index contributed by atoms with van der Waals surface area (Å²) in [5, 5.41) is 20.7. The second-order valence-corrected chi connectivity index (χ2v) is 2.69. The molecule has 0 unspecified atom stereocenters. The zero-order valence-electron chi connectivity index (χ0n) is 7.91. The van der Waals surface area contributed by atoms with E-state index in [1.165, 1.54) is 6.20 Å². The van der Waals surface area contributed by atoms with Crippen molar-refractivity contribution in [3.63, 3.8) is 0 Å². The van der Waals surface area contributed by atoms with Gasteiger partial charge in [-0.15, -0.1) is 10.2 Å². The number of hydrogen-bond donors (Lipinski definition) is 1. The summed E-state index contributed by atoms with van der Waals surface area (Å²) in [7, 11) is 0. The number of carbonyl (C=O) groups excluding carboxylic acids is 1. The number of hydrogen-bond acceptors (Lipinski definition) is 6. The number of esters is 1. The van der Waals surface area contributed by atoms with Crippen molar-refractivity contribution in [2.75, 3.05) is 6.61 Å². The van der Waals surface area contributed by atoms with Crippen LogP contribution in [-0.2, 0) is 4.74 Å². The van der Waals surface area contributed by atoms with Crippen LogP contribution in [0.3, 0.4) is 0 Å². The Morgan fingerprint density at radius 2 is 2.40 bits per heavy atom. The van der Waals surface area contributed by atoms with Crippen molar-refractivity contribution in [2.24, 2.45) is 0 Å². The maximum Gasteiger partial charge on any atom is 0.364 e. The number of ether oxygens (including phenoxy) is 1. The van der Waals surface area contributed by atoms with Gasteiger partial charge in [0.15, 0.2) is 5.65 Å². The molecule has 0 atom stereocenters. The van der Waals surface area contributed by atoms with E-state index in [-0.39, 0.29) is 18.2 Å². The molecule has 15 heavy (non-hydrogen) atoms. The van der Waals surface area contributed by atoms with Crippen LogP contribution in [0.2, 0.25) is 0 Å². The Hall–Kier alpha value is -2.18. The van der Waals surface area contributed by atoms with Crippen molar-refractivity contribution in [1.82, 2.24) is 19.8 Å². The molecule has 0 radical (unpaired) electrons. The Morgan fingerprint density at radius 1 is 1.60 bits per heavy atom. The summed E-state index contributed by atoms with van der Waals surface area (Å²) in [6.07, 6.45) is 1.44.